The molecule has 126 valence electrons. The van der Waals surface area contributed by atoms with E-state index in [0.717, 1.165) is 18.4 Å². The molecule has 0 amide bonds. The Bertz CT molecular complexity index is 604. The average molecular weight is 357 g/mol. The van der Waals surface area contributed by atoms with Crippen molar-refractivity contribution in [2.75, 3.05) is 14.2 Å². The number of methoxy groups -OCH3 is 2. The van der Waals surface area contributed by atoms with Crippen LogP contribution in [-0.4, -0.2) is 26.3 Å². The Morgan fingerprint density at radius 3 is 2.52 bits per heavy atom. The Labute approximate surface area is 147 Å². The van der Waals surface area contributed by atoms with Gasteiger partial charge in [0, 0.05) is 13.0 Å². The molecule has 0 saturated heterocycles. The summed E-state index contributed by atoms with van der Waals surface area (Å²) in [5.41, 5.74) is 1.06. The molecule has 0 N–H and O–H groups in total. The van der Waals surface area contributed by atoms with Gasteiger partial charge in [-0.2, -0.15) is 0 Å². The lowest BCUT2D eigenvalue weighted by molar-refractivity contribution is -0.152. The molecule has 0 aromatic heterocycles. The molecule has 0 heterocycles. The van der Waals surface area contributed by atoms with Crippen molar-refractivity contribution in [2.45, 2.75) is 31.8 Å². The molecule has 6 atom stereocenters. The molecule has 1 aromatic carbocycles. The van der Waals surface area contributed by atoms with Crippen LogP contribution in [0.25, 0.3) is 0 Å². The lowest BCUT2D eigenvalue weighted by Gasteiger charge is -2.40. The summed E-state index contributed by atoms with van der Waals surface area (Å²) in [4.78, 5) is 12.6. The second kappa shape index (κ2) is 6.62. The van der Waals surface area contributed by atoms with Crippen molar-refractivity contribution in [1.82, 2.24) is 0 Å². The Morgan fingerprint density at radius 2 is 1.91 bits per heavy atom. The molecular weight excluding hydrogens is 335 g/mol. The maximum Gasteiger partial charge on any atom is 0.309 e. The quantitative estimate of drug-likeness (QED) is 0.744. The zero-order valence-electron chi connectivity index (χ0n) is 13.6. The summed E-state index contributed by atoms with van der Waals surface area (Å²) >= 11 is 12.2. The standard InChI is InChI=1S/C18H22Cl2O3/c1-9-11-6-12(10-4-5-13(19)14(20)7-10)17(18(21)23-3)16(9)15(8-11)22-2/h4-5,7,9,11-12,15-17H,6,8H2,1-3H3/t9?,11-,12-,15-,16-,17+/m1/s1. The fraction of sp³-hybridized carbons (Fsp3) is 0.611. The Morgan fingerprint density at radius 1 is 1.17 bits per heavy atom. The van der Waals surface area contributed by atoms with Crippen LogP contribution in [-0.2, 0) is 14.3 Å². The summed E-state index contributed by atoms with van der Waals surface area (Å²) in [7, 11) is 3.20. The van der Waals surface area contributed by atoms with Gasteiger partial charge in [-0.05, 0) is 48.3 Å². The monoisotopic (exact) mass is 356 g/mol. The summed E-state index contributed by atoms with van der Waals surface area (Å²) in [6.07, 6.45) is 2.08. The van der Waals surface area contributed by atoms with Gasteiger partial charge in [0.1, 0.15) is 0 Å². The van der Waals surface area contributed by atoms with Gasteiger partial charge in [-0.25, -0.2) is 0 Å². The molecule has 0 radical (unpaired) electrons. The maximum atomic E-state index is 12.6. The van der Waals surface area contributed by atoms with Gasteiger partial charge in [-0.3, -0.25) is 4.79 Å². The molecule has 5 heteroatoms. The minimum absolute atomic E-state index is 0.101. The highest BCUT2D eigenvalue weighted by Crippen LogP contribution is 2.56. The second-order valence-corrected chi connectivity index (χ2v) is 7.59. The number of hydrogen-bond donors (Lipinski definition) is 0. The lowest BCUT2D eigenvalue weighted by Crippen LogP contribution is -2.41. The molecular formula is C18H22Cl2O3. The molecule has 2 aliphatic rings. The summed E-state index contributed by atoms with van der Waals surface area (Å²) in [6.45, 7) is 2.23. The van der Waals surface area contributed by atoms with Crippen molar-refractivity contribution in [2.24, 2.45) is 23.7 Å². The number of fused-ring (bicyclic) bond motifs is 2. The third-order valence-electron chi connectivity index (χ3n) is 5.87. The van der Waals surface area contributed by atoms with Crippen LogP contribution in [0.1, 0.15) is 31.2 Å². The molecule has 2 aliphatic carbocycles. The number of ether oxygens (including phenoxy) is 2. The van der Waals surface area contributed by atoms with Crippen molar-refractivity contribution in [1.29, 1.82) is 0 Å². The minimum Gasteiger partial charge on any atom is -0.469 e. The number of carbonyl (C=O) groups excluding carboxylic acids is 1. The van der Waals surface area contributed by atoms with E-state index >= 15 is 0 Å². The first-order valence-electron chi connectivity index (χ1n) is 8.03. The molecule has 0 spiro atoms. The number of carbonyl (C=O) groups is 1. The summed E-state index contributed by atoms with van der Waals surface area (Å²) in [6, 6.07) is 5.68. The lowest BCUT2D eigenvalue weighted by atomic mass is 9.64. The first-order chi connectivity index (χ1) is 11.0. The first kappa shape index (κ1) is 17.1. The molecule has 3 rings (SSSR count). The molecule has 3 nitrogen and oxygen atoms in total. The third-order valence-corrected chi connectivity index (χ3v) is 6.61. The fourth-order valence-corrected chi connectivity index (χ4v) is 5.04. The van der Waals surface area contributed by atoms with Gasteiger partial charge in [0.15, 0.2) is 0 Å². The minimum atomic E-state index is -0.198. The van der Waals surface area contributed by atoms with Gasteiger partial charge in [0.25, 0.3) is 0 Å². The first-order valence-corrected chi connectivity index (χ1v) is 8.79. The van der Waals surface area contributed by atoms with E-state index < -0.39 is 0 Å². The van der Waals surface area contributed by atoms with Crippen molar-refractivity contribution in [3.05, 3.63) is 33.8 Å². The maximum absolute atomic E-state index is 12.6. The summed E-state index contributed by atoms with van der Waals surface area (Å²) in [5.74, 6) is 0.957. The zero-order valence-corrected chi connectivity index (χ0v) is 15.1. The van der Waals surface area contributed by atoms with E-state index in [2.05, 4.69) is 6.92 Å². The number of hydrogen-bond acceptors (Lipinski definition) is 3. The van der Waals surface area contributed by atoms with Gasteiger partial charge < -0.3 is 9.47 Å². The summed E-state index contributed by atoms with van der Waals surface area (Å²) in [5, 5.41) is 1.06. The summed E-state index contributed by atoms with van der Waals surface area (Å²) < 4.78 is 10.8. The SMILES string of the molecule is COC(=O)[C@@H]1[C@@H]2C(C)[C@H](C[C@@H]1c1ccc(Cl)c(Cl)c1)C[C@H]2OC. The van der Waals surface area contributed by atoms with Crippen molar-refractivity contribution < 1.29 is 14.3 Å². The van der Waals surface area contributed by atoms with Crippen molar-refractivity contribution in [3.63, 3.8) is 0 Å². The van der Waals surface area contributed by atoms with E-state index in [1.807, 2.05) is 12.1 Å². The van der Waals surface area contributed by atoms with Crippen LogP contribution in [0, 0.1) is 23.7 Å². The molecule has 2 bridgehead atoms. The van der Waals surface area contributed by atoms with Gasteiger partial charge in [-0.15, -0.1) is 0 Å². The van der Waals surface area contributed by atoms with Crippen LogP contribution in [0.3, 0.4) is 0 Å². The molecule has 23 heavy (non-hydrogen) atoms. The molecule has 0 aliphatic heterocycles. The van der Waals surface area contributed by atoms with Crippen LogP contribution >= 0.6 is 23.2 Å². The van der Waals surface area contributed by atoms with Gasteiger partial charge in [0.05, 0.1) is 29.2 Å². The number of esters is 1. The van der Waals surface area contributed by atoms with E-state index in [1.54, 1.807) is 13.2 Å². The Hall–Kier alpha value is -0.770. The zero-order chi connectivity index (χ0) is 16.7. The second-order valence-electron chi connectivity index (χ2n) is 6.77. The van der Waals surface area contributed by atoms with E-state index in [0.29, 0.717) is 21.9 Å². The van der Waals surface area contributed by atoms with Crippen LogP contribution in [0.5, 0.6) is 0 Å². The average Bonchev–Trinajstić information content (AvgIpc) is 2.75. The van der Waals surface area contributed by atoms with Gasteiger partial charge in [0.2, 0.25) is 0 Å². The van der Waals surface area contributed by atoms with Crippen LogP contribution < -0.4 is 0 Å². The highest BCUT2D eigenvalue weighted by Gasteiger charge is 2.55. The predicted molar refractivity (Wildman–Crippen MR) is 90.9 cm³/mol. The molecule has 1 aromatic rings. The van der Waals surface area contributed by atoms with Crippen LogP contribution in [0.15, 0.2) is 18.2 Å². The van der Waals surface area contributed by atoms with Crippen LogP contribution in [0.2, 0.25) is 10.0 Å². The van der Waals surface area contributed by atoms with Gasteiger partial charge >= 0.3 is 5.97 Å². The molecule has 2 fully saturated rings. The van der Waals surface area contributed by atoms with Crippen molar-refractivity contribution in [3.8, 4) is 0 Å². The Balaban J connectivity index is 2.01. The van der Waals surface area contributed by atoms with Gasteiger partial charge in [-0.1, -0.05) is 36.2 Å². The normalized spacial score (nSPS) is 36.0. The Kier molecular flexibility index (Phi) is 4.91. The topological polar surface area (TPSA) is 35.5 Å². The largest absolute Gasteiger partial charge is 0.469 e. The number of benzene rings is 1. The highest BCUT2D eigenvalue weighted by molar-refractivity contribution is 6.42. The van der Waals surface area contributed by atoms with E-state index in [9.17, 15) is 4.79 Å². The van der Waals surface area contributed by atoms with E-state index in [1.165, 1.54) is 7.11 Å². The van der Waals surface area contributed by atoms with E-state index in [-0.39, 0.29) is 29.8 Å². The number of rotatable bonds is 3. The van der Waals surface area contributed by atoms with Crippen molar-refractivity contribution >= 4 is 29.2 Å². The van der Waals surface area contributed by atoms with E-state index in [4.69, 9.17) is 32.7 Å². The highest BCUT2D eigenvalue weighted by atomic mass is 35.5. The smallest absolute Gasteiger partial charge is 0.309 e. The molecule has 1 unspecified atom stereocenters. The number of halogens is 2. The fourth-order valence-electron chi connectivity index (χ4n) is 4.73. The molecule has 2 saturated carbocycles. The third kappa shape index (κ3) is 2.88. The predicted octanol–water partition coefficient (Wildman–Crippen LogP) is 4.56. The van der Waals surface area contributed by atoms with Crippen LogP contribution in [0.4, 0.5) is 0 Å².